The standard InChI is InChI=1S/C18H21N3O2S/c1-21(2)17(13-6-7-24-11-13)10-19-18(22)16-8-12-4-5-14(23-3)9-15(12)20-16/h4-9,11,17,20H,10H2,1-3H3,(H,19,22)/t17-/m1/s1. The summed E-state index contributed by atoms with van der Waals surface area (Å²) in [7, 11) is 5.66. The summed E-state index contributed by atoms with van der Waals surface area (Å²) < 4.78 is 5.21. The predicted molar refractivity (Wildman–Crippen MR) is 97.9 cm³/mol. The van der Waals surface area contributed by atoms with E-state index in [0.29, 0.717) is 12.2 Å². The van der Waals surface area contributed by atoms with Gasteiger partial charge in [-0.1, -0.05) is 0 Å². The molecule has 3 aromatic rings. The Morgan fingerprint density at radius 2 is 2.17 bits per heavy atom. The molecule has 6 heteroatoms. The summed E-state index contributed by atoms with van der Waals surface area (Å²) in [5.74, 6) is 0.661. The second kappa shape index (κ2) is 7.07. The molecule has 0 aliphatic carbocycles. The van der Waals surface area contributed by atoms with Crippen molar-refractivity contribution in [2.45, 2.75) is 6.04 Å². The number of carbonyl (C=O) groups is 1. The number of rotatable bonds is 6. The number of H-pyrrole nitrogens is 1. The van der Waals surface area contributed by atoms with Crippen molar-refractivity contribution < 1.29 is 9.53 Å². The van der Waals surface area contributed by atoms with Gasteiger partial charge in [-0.3, -0.25) is 4.79 Å². The maximum Gasteiger partial charge on any atom is 0.267 e. The van der Waals surface area contributed by atoms with Crippen LogP contribution in [0.1, 0.15) is 22.1 Å². The van der Waals surface area contributed by atoms with E-state index in [2.05, 4.69) is 32.0 Å². The van der Waals surface area contributed by atoms with Crippen LogP contribution in [0.15, 0.2) is 41.1 Å². The van der Waals surface area contributed by atoms with Crippen molar-refractivity contribution >= 4 is 28.1 Å². The first-order valence-electron chi connectivity index (χ1n) is 7.72. The summed E-state index contributed by atoms with van der Waals surface area (Å²) in [6.45, 7) is 0.557. The van der Waals surface area contributed by atoms with Gasteiger partial charge in [-0.15, -0.1) is 0 Å². The van der Waals surface area contributed by atoms with E-state index in [1.54, 1.807) is 18.4 Å². The molecule has 0 aliphatic rings. The molecule has 0 bridgehead atoms. The average molecular weight is 343 g/mol. The van der Waals surface area contributed by atoms with Crippen LogP contribution in [0.4, 0.5) is 0 Å². The zero-order valence-electron chi connectivity index (χ0n) is 14.0. The maximum atomic E-state index is 12.5. The average Bonchev–Trinajstić information content (AvgIpc) is 3.23. The summed E-state index contributed by atoms with van der Waals surface area (Å²) in [5.41, 5.74) is 2.66. The van der Waals surface area contributed by atoms with Gasteiger partial charge in [-0.2, -0.15) is 11.3 Å². The number of thiophene rings is 1. The van der Waals surface area contributed by atoms with Crippen LogP contribution >= 0.6 is 11.3 Å². The number of hydrogen-bond donors (Lipinski definition) is 2. The number of likely N-dealkylation sites (N-methyl/N-ethyl adjacent to an activating group) is 1. The highest BCUT2D eigenvalue weighted by Gasteiger charge is 2.17. The van der Waals surface area contributed by atoms with Crippen molar-refractivity contribution in [2.24, 2.45) is 0 Å². The number of amides is 1. The van der Waals surface area contributed by atoms with E-state index >= 15 is 0 Å². The Morgan fingerprint density at radius 3 is 2.83 bits per heavy atom. The Kier molecular flexibility index (Phi) is 4.87. The van der Waals surface area contributed by atoms with E-state index in [4.69, 9.17) is 4.74 Å². The van der Waals surface area contributed by atoms with E-state index < -0.39 is 0 Å². The smallest absolute Gasteiger partial charge is 0.267 e. The molecule has 1 atom stereocenters. The molecule has 0 fully saturated rings. The highest BCUT2D eigenvalue weighted by atomic mass is 32.1. The molecule has 0 saturated carbocycles. The molecule has 2 heterocycles. The quantitative estimate of drug-likeness (QED) is 0.722. The van der Waals surface area contributed by atoms with Crippen LogP contribution in [0.3, 0.4) is 0 Å². The number of methoxy groups -OCH3 is 1. The third kappa shape index (κ3) is 3.44. The van der Waals surface area contributed by atoms with Gasteiger partial charge in [0, 0.05) is 23.5 Å². The molecule has 1 aromatic carbocycles. The molecule has 0 unspecified atom stereocenters. The van der Waals surface area contributed by atoms with Gasteiger partial charge >= 0.3 is 0 Å². The van der Waals surface area contributed by atoms with E-state index in [1.165, 1.54) is 5.56 Å². The Bertz CT molecular complexity index is 824. The van der Waals surface area contributed by atoms with Crippen LogP contribution in [-0.4, -0.2) is 43.5 Å². The second-order valence-electron chi connectivity index (χ2n) is 5.88. The van der Waals surface area contributed by atoms with Gasteiger partial charge in [0.25, 0.3) is 5.91 Å². The minimum Gasteiger partial charge on any atom is -0.497 e. The van der Waals surface area contributed by atoms with Gasteiger partial charge in [0.1, 0.15) is 11.4 Å². The van der Waals surface area contributed by atoms with Gasteiger partial charge in [0.2, 0.25) is 0 Å². The zero-order chi connectivity index (χ0) is 17.1. The Balaban J connectivity index is 1.72. The largest absolute Gasteiger partial charge is 0.497 e. The molecule has 126 valence electrons. The van der Waals surface area contributed by atoms with Crippen molar-refractivity contribution in [1.82, 2.24) is 15.2 Å². The summed E-state index contributed by atoms with van der Waals surface area (Å²) in [5, 5.41) is 8.18. The molecule has 5 nitrogen and oxygen atoms in total. The van der Waals surface area contributed by atoms with Gasteiger partial charge < -0.3 is 19.9 Å². The molecule has 0 saturated heterocycles. The number of fused-ring (bicyclic) bond motifs is 1. The van der Waals surface area contributed by atoms with Crippen molar-refractivity contribution in [1.29, 1.82) is 0 Å². The normalized spacial score (nSPS) is 12.5. The molecule has 0 aliphatic heterocycles. The first-order valence-corrected chi connectivity index (χ1v) is 8.66. The maximum absolute atomic E-state index is 12.5. The molecule has 0 radical (unpaired) electrons. The van der Waals surface area contributed by atoms with Crippen molar-refractivity contribution in [3.05, 3.63) is 52.3 Å². The minimum absolute atomic E-state index is 0.104. The Labute approximate surface area is 145 Å². The molecule has 2 N–H and O–H groups in total. The van der Waals surface area contributed by atoms with Crippen LogP contribution in [0.5, 0.6) is 5.75 Å². The van der Waals surface area contributed by atoms with Gasteiger partial charge in [-0.05, 0) is 54.7 Å². The molecule has 0 spiro atoms. The number of nitrogens with zero attached hydrogens (tertiary/aromatic N) is 1. The SMILES string of the molecule is COc1ccc2cc(C(=O)NC[C@H](c3ccsc3)N(C)C)[nH]c2c1. The molecule has 2 aromatic heterocycles. The lowest BCUT2D eigenvalue weighted by atomic mass is 10.1. The number of ether oxygens (including phenoxy) is 1. The van der Waals surface area contributed by atoms with E-state index in [9.17, 15) is 4.79 Å². The van der Waals surface area contributed by atoms with Crippen LogP contribution in [0.25, 0.3) is 10.9 Å². The number of benzene rings is 1. The zero-order valence-corrected chi connectivity index (χ0v) is 14.8. The summed E-state index contributed by atoms with van der Waals surface area (Å²) >= 11 is 1.66. The lowest BCUT2D eigenvalue weighted by Gasteiger charge is -2.23. The number of nitrogens with one attached hydrogen (secondary N) is 2. The molecule has 24 heavy (non-hydrogen) atoms. The summed E-state index contributed by atoms with van der Waals surface area (Å²) in [6.07, 6.45) is 0. The molecular weight excluding hydrogens is 322 g/mol. The van der Waals surface area contributed by atoms with Crippen LogP contribution in [0.2, 0.25) is 0 Å². The Morgan fingerprint density at radius 1 is 1.33 bits per heavy atom. The van der Waals surface area contributed by atoms with Crippen LogP contribution < -0.4 is 10.1 Å². The number of aromatic nitrogens is 1. The van der Waals surface area contributed by atoms with E-state index in [0.717, 1.165) is 16.7 Å². The fourth-order valence-corrected chi connectivity index (χ4v) is 3.41. The molecule has 3 rings (SSSR count). The summed E-state index contributed by atoms with van der Waals surface area (Å²) in [4.78, 5) is 17.7. The fourth-order valence-electron chi connectivity index (χ4n) is 2.70. The third-order valence-electron chi connectivity index (χ3n) is 4.08. The topological polar surface area (TPSA) is 57.4 Å². The van der Waals surface area contributed by atoms with Gasteiger partial charge in [0.15, 0.2) is 0 Å². The molecule has 1 amide bonds. The predicted octanol–water partition coefficient (Wildman–Crippen LogP) is 3.27. The van der Waals surface area contributed by atoms with Gasteiger partial charge in [-0.25, -0.2) is 0 Å². The monoisotopic (exact) mass is 343 g/mol. The number of aromatic amines is 1. The highest BCUT2D eigenvalue weighted by Crippen LogP contribution is 2.22. The molecular formula is C18H21N3O2S. The van der Waals surface area contributed by atoms with Crippen molar-refractivity contribution in [3.63, 3.8) is 0 Å². The lowest BCUT2D eigenvalue weighted by Crippen LogP contribution is -2.34. The Hall–Kier alpha value is -2.31. The van der Waals surface area contributed by atoms with Gasteiger partial charge in [0.05, 0.1) is 13.2 Å². The van der Waals surface area contributed by atoms with E-state index in [-0.39, 0.29) is 11.9 Å². The minimum atomic E-state index is -0.104. The van der Waals surface area contributed by atoms with Crippen molar-refractivity contribution in [3.8, 4) is 5.75 Å². The first-order chi connectivity index (χ1) is 11.6. The van der Waals surface area contributed by atoms with E-state index in [1.807, 2.05) is 38.4 Å². The van der Waals surface area contributed by atoms with Crippen molar-refractivity contribution in [2.75, 3.05) is 27.7 Å². The highest BCUT2D eigenvalue weighted by molar-refractivity contribution is 7.07. The third-order valence-corrected chi connectivity index (χ3v) is 4.78. The lowest BCUT2D eigenvalue weighted by molar-refractivity contribution is 0.0938. The van der Waals surface area contributed by atoms with Crippen LogP contribution in [0, 0.1) is 0 Å². The number of hydrogen-bond acceptors (Lipinski definition) is 4. The fraction of sp³-hybridized carbons (Fsp3) is 0.278. The second-order valence-corrected chi connectivity index (χ2v) is 6.66. The summed E-state index contributed by atoms with van der Waals surface area (Å²) in [6, 6.07) is 9.83. The first kappa shape index (κ1) is 16.5. The van der Waals surface area contributed by atoms with Crippen LogP contribution in [-0.2, 0) is 0 Å². The number of carbonyl (C=O) groups excluding carboxylic acids is 1.